The Morgan fingerprint density at radius 3 is 1.24 bits per heavy atom. The van der Waals surface area contributed by atoms with Crippen molar-refractivity contribution in [3.8, 4) is 73.9 Å². The number of rotatable bonds is 7. The van der Waals surface area contributed by atoms with Crippen molar-refractivity contribution in [1.29, 1.82) is 5.26 Å². The van der Waals surface area contributed by atoms with Crippen molar-refractivity contribution < 1.29 is 8.83 Å². The molecule has 362 valence electrons. The van der Waals surface area contributed by atoms with Gasteiger partial charge in [-0.1, -0.05) is 152 Å². The van der Waals surface area contributed by atoms with E-state index in [4.69, 9.17) is 23.8 Å². The molecule has 0 atom stereocenters. The van der Waals surface area contributed by atoms with Gasteiger partial charge in [0.2, 0.25) is 0 Å². The molecule has 0 unspecified atom stereocenters. The van der Waals surface area contributed by atoms with Crippen molar-refractivity contribution >= 4 is 87.5 Å². The number of benzene rings is 11. The Morgan fingerprint density at radius 1 is 0.321 bits per heavy atom. The molecule has 5 aromatic heterocycles. The van der Waals surface area contributed by atoms with Crippen molar-refractivity contribution in [2.75, 3.05) is 0 Å². The zero-order valence-electron chi connectivity index (χ0n) is 41.6. The van der Waals surface area contributed by atoms with E-state index >= 15 is 0 Å². The number of furan rings is 2. The van der Waals surface area contributed by atoms with Gasteiger partial charge in [-0.3, -0.25) is 0 Å². The zero-order chi connectivity index (χ0) is 51.4. The van der Waals surface area contributed by atoms with Gasteiger partial charge >= 0.3 is 0 Å². The van der Waals surface area contributed by atoms with Crippen molar-refractivity contribution in [2.24, 2.45) is 0 Å². The van der Waals surface area contributed by atoms with Crippen LogP contribution in [0.4, 0.5) is 0 Å². The van der Waals surface area contributed by atoms with Crippen LogP contribution in [0.2, 0.25) is 0 Å². The van der Waals surface area contributed by atoms with E-state index in [0.29, 0.717) is 23.0 Å². The molecular weight excluding hydrogens is 957 g/mol. The standard InChI is InChI=1S/C70H40N6O2/c71-41-42-27-29-43(30-28-42)54-39-46(31-35-58(54)75-56-23-11-7-21-52(56)64-60(75)37-33-50-48-19-9-13-25-62(48)77-66(50)64)55-40-47(70-73-68(44-15-3-1-4-16-44)72-69(74-70)45-17-5-2-6-18-45)32-36-59(55)76-57-24-12-8-22-53(57)65-61(76)38-34-51-49-20-10-14-26-63(49)78-67(51)65/h1-40H. The van der Waals surface area contributed by atoms with Crippen molar-refractivity contribution in [3.05, 3.63) is 248 Å². The fraction of sp³-hybridized carbons (Fsp3) is 0. The summed E-state index contributed by atoms with van der Waals surface area (Å²) >= 11 is 0. The first-order valence-electron chi connectivity index (χ1n) is 26.0. The molecule has 8 nitrogen and oxygen atoms in total. The highest BCUT2D eigenvalue weighted by Gasteiger charge is 2.25. The quantitative estimate of drug-likeness (QED) is 0.158. The van der Waals surface area contributed by atoms with Crippen LogP contribution in [0, 0.1) is 11.3 Å². The van der Waals surface area contributed by atoms with E-state index in [2.05, 4.69) is 161 Å². The molecule has 0 aliphatic heterocycles. The van der Waals surface area contributed by atoms with Crippen LogP contribution in [0.3, 0.4) is 0 Å². The molecule has 0 radical (unpaired) electrons. The molecule has 0 spiro atoms. The summed E-state index contributed by atoms with van der Waals surface area (Å²) in [5.74, 6) is 1.72. The first-order valence-corrected chi connectivity index (χ1v) is 26.0. The second-order valence-corrected chi connectivity index (χ2v) is 19.8. The summed E-state index contributed by atoms with van der Waals surface area (Å²) in [5.41, 5.74) is 16.5. The van der Waals surface area contributed by atoms with Gasteiger partial charge in [-0.25, -0.2) is 15.0 Å². The molecule has 0 amide bonds. The van der Waals surface area contributed by atoms with E-state index in [9.17, 15) is 5.26 Å². The van der Waals surface area contributed by atoms with Gasteiger partial charge in [0.15, 0.2) is 17.5 Å². The lowest BCUT2D eigenvalue weighted by Gasteiger charge is -2.19. The fourth-order valence-corrected chi connectivity index (χ4v) is 11.9. The predicted molar refractivity (Wildman–Crippen MR) is 315 cm³/mol. The third kappa shape index (κ3) is 6.62. The maximum absolute atomic E-state index is 10.0. The molecule has 78 heavy (non-hydrogen) atoms. The third-order valence-electron chi connectivity index (χ3n) is 15.4. The molecular formula is C70H40N6O2. The highest BCUT2D eigenvalue weighted by molar-refractivity contribution is 6.25. The first-order chi connectivity index (χ1) is 38.6. The van der Waals surface area contributed by atoms with E-state index < -0.39 is 0 Å². The second kappa shape index (κ2) is 17.1. The normalized spacial score (nSPS) is 11.8. The summed E-state index contributed by atoms with van der Waals surface area (Å²) in [6.45, 7) is 0. The van der Waals surface area contributed by atoms with Gasteiger partial charge in [0.25, 0.3) is 0 Å². The molecule has 8 heteroatoms. The minimum atomic E-state index is 0.549. The Bertz CT molecular complexity index is 5100. The summed E-state index contributed by atoms with van der Waals surface area (Å²) in [4.78, 5) is 15.5. The van der Waals surface area contributed by atoms with Gasteiger partial charge < -0.3 is 18.0 Å². The van der Waals surface area contributed by atoms with Crippen molar-refractivity contribution in [1.82, 2.24) is 24.1 Å². The number of hydrogen-bond acceptors (Lipinski definition) is 6. The molecule has 0 bridgehead atoms. The fourth-order valence-electron chi connectivity index (χ4n) is 11.9. The molecule has 11 aromatic carbocycles. The van der Waals surface area contributed by atoms with Crippen molar-refractivity contribution in [2.45, 2.75) is 0 Å². The number of hydrogen-bond donors (Lipinski definition) is 0. The lowest BCUT2D eigenvalue weighted by atomic mass is 9.94. The van der Waals surface area contributed by atoms with Crippen molar-refractivity contribution in [3.63, 3.8) is 0 Å². The van der Waals surface area contributed by atoms with Crippen LogP contribution in [-0.2, 0) is 0 Å². The maximum Gasteiger partial charge on any atom is 0.164 e. The van der Waals surface area contributed by atoms with E-state index in [1.807, 2.05) is 97.1 Å². The summed E-state index contributed by atoms with van der Waals surface area (Å²) in [7, 11) is 0. The number of para-hydroxylation sites is 4. The molecule has 0 aliphatic carbocycles. The second-order valence-electron chi connectivity index (χ2n) is 19.8. The van der Waals surface area contributed by atoms with Gasteiger partial charge in [0.1, 0.15) is 22.3 Å². The Balaban J connectivity index is 0.989. The van der Waals surface area contributed by atoms with Crippen LogP contribution in [-0.4, -0.2) is 24.1 Å². The number of aromatic nitrogens is 5. The summed E-state index contributed by atoms with van der Waals surface area (Å²) < 4.78 is 18.2. The van der Waals surface area contributed by atoms with Crippen LogP contribution >= 0.6 is 0 Å². The smallest absolute Gasteiger partial charge is 0.164 e. The SMILES string of the molecule is N#Cc1ccc(-c2cc(-c3cc(-c4nc(-c5ccccc5)nc(-c5ccccc5)n4)ccc3-n3c4ccccc4c4c5oc6ccccc6c5ccc43)ccc2-n2c3ccccc3c3c4oc5ccccc5c4ccc32)cc1. The molecule has 5 heterocycles. The average molecular weight is 997 g/mol. The number of fused-ring (bicyclic) bond motifs is 14. The van der Waals surface area contributed by atoms with Gasteiger partial charge in [-0.15, -0.1) is 0 Å². The molecule has 0 saturated heterocycles. The minimum Gasteiger partial charge on any atom is -0.455 e. The van der Waals surface area contributed by atoms with Gasteiger partial charge in [-0.2, -0.15) is 5.26 Å². The zero-order valence-corrected chi connectivity index (χ0v) is 41.6. The van der Waals surface area contributed by atoms with E-state index in [1.165, 1.54) is 0 Å². The molecule has 16 rings (SSSR count). The van der Waals surface area contributed by atoms with E-state index in [1.54, 1.807) is 0 Å². The predicted octanol–water partition coefficient (Wildman–Crippen LogP) is 18.1. The van der Waals surface area contributed by atoms with Crippen LogP contribution in [0.25, 0.3) is 155 Å². The van der Waals surface area contributed by atoms with E-state index in [0.717, 1.165) is 138 Å². The third-order valence-corrected chi connectivity index (χ3v) is 15.4. The first kappa shape index (κ1) is 43.5. The topological polar surface area (TPSA) is 98.6 Å². The average Bonchev–Trinajstić information content (AvgIpc) is 4.29. The molecule has 0 aliphatic rings. The van der Waals surface area contributed by atoms with Crippen LogP contribution < -0.4 is 0 Å². The van der Waals surface area contributed by atoms with Crippen LogP contribution in [0.15, 0.2) is 251 Å². The Kier molecular flexibility index (Phi) is 9.53. The minimum absolute atomic E-state index is 0.549. The van der Waals surface area contributed by atoms with Crippen LogP contribution in [0.1, 0.15) is 5.56 Å². The van der Waals surface area contributed by atoms with Gasteiger partial charge in [0, 0.05) is 60.1 Å². The summed E-state index contributed by atoms with van der Waals surface area (Å²) in [6, 6.07) is 86.2. The van der Waals surface area contributed by atoms with Crippen LogP contribution in [0.5, 0.6) is 0 Å². The van der Waals surface area contributed by atoms with Gasteiger partial charge in [0.05, 0.1) is 55.8 Å². The highest BCUT2D eigenvalue weighted by atomic mass is 16.3. The monoisotopic (exact) mass is 996 g/mol. The lowest BCUT2D eigenvalue weighted by Crippen LogP contribution is -2.02. The Hall–Kier alpha value is -10.9. The van der Waals surface area contributed by atoms with Gasteiger partial charge in [-0.05, 0) is 102 Å². The van der Waals surface area contributed by atoms with E-state index in [-0.39, 0.29) is 0 Å². The molecule has 0 saturated carbocycles. The Labute approximate surface area is 445 Å². The highest BCUT2D eigenvalue weighted by Crippen LogP contribution is 2.46. The molecule has 16 aromatic rings. The molecule has 0 N–H and O–H groups in total. The number of nitriles is 1. The summed E-state index contributed by atoms with van der Waals surface area (Å²) in [5, 5.41) is 18.6. The Morgan fingerprint density at radius 2 is 0.731 bits per heavy atom. The lowest BCUT2D eigenvalue weighted by molar-refractivity contribution is 0.672. The summed E-state index contributed by atoms with van der Waals surface area (Å²) in [6.07, 6.45) is 0. The maximum atomic E-state index is 10.0. The molecule has 0 fully saturated rings. The largest absolute Gasteiger partial charge is 0.455 e. The number of nitrogens with zero attached hydrogens (tertiary/aromatic N) is 6.